The second-order valence-electron chi connectivity index (χ2n) is 6.41. The van der Waals surface area contributed by atoms with Gasteiger partial charge >= 0.3 is 0 Å². The molecule has 3 heteroatoms. The van der Waals surface area contributed by atoms with E-state index in [0.29, 0.717) is 10.0 Å². The molecule has 0 radical (unpaired) electrons. The highest BCUT2D eigenvalue weighted by Gasteiger charge is 2.23. The molecule has 21 heavy (non-hydrogen) atoms. The van der Waals surface area contributed by atoms with Crippen LogP contribution in [-0.2, 0) is 0 Å². The summed E-state index contributed by atoms with van der Waals surface area (Å²) in [6.45, 7) is 1.01. The van der Waals surface area contributed by atoms with Gasteiger partial charge in [0.25, 0.3) is 0 Å². The molecular formula is C18H23Cl2N. The maximum absolute atomic E-state index is 6.13. The quantitative estimate of drug-likeness (QED) is 0.731. The average molecular weight is 324 g/mol. The molecule has 0 unspecified atom stereocenters. The molecule has 0 spiro atoms. The molecule has 1 aromatic carbocycles. The molecule has 2 fully saturated rings. The number of nitrogens with one attached hydrogen (secondary N) is 1. The largest absolute Gasteiger partial charge is 0.310 e. The molecule has 1 aromatic rings. The smallest absolute Gasteiger partial charge is 0.0426 e. The van der Waals surface area contributed by atoms with Crippen molar-refractivity contribution in [2.75, 3.05) is 6.54 Å². The molecule has 114 valence electrons. The van der Waals surface area contributed by atoms with E-state index in [1.807, 2.05) is 12.1 Å². The van der Waals surface area contributed by atoms with E-state index in [0.717, 1.165) is 24.1 Å². The molecule has 0 aliphatic heterocycles. The van der Waals surface area contributed by atoms with E-state index < -0.39 is 0 Å². The molecule has 0 bridgehead atoms. The second kappa shape index (κ2) is 7.17. The number of hydrogen-bond acceptors (Lipinski definition) is 1. The van der Waals surface area contributed by atoms with E-state index in [4.69, 9.17) is 23.2 Å². The molecule has 2 aliphatic carbocycles. The number of halogens is 2. The third-order valence-electron chi connectivity index (χ3n) is 4.54. The zero-order valence-corrected chi connectivity index (χ0v) is 13.9. The fraction of sp³-hybridized carbons (Fsp3) is 0.556. The Morgan fingerprint density at radius 2 is 1.67 bits per heavy atom. The van der Waals surface area contributed by atoms with Crippen LogP contribution in [0.4, 0.5) is 0 Å². The van der Waals surface area contributed by atoms with Crippen LogP contribution in [0.25, 0.3) is 6.08 Å². The number of rotatable bonds is 5. The lowest BCUT2D eigenvalue weighted by molar-refractivity contribution is 0.396. The summed E-state index contributed by atoms with van der Waals surface area (Å²) in [6.07, 6.45) is 11.7. The topological polar surface area (TPSA) is 12.0 Å². The van der Waals surface area contributed by atoms with E-state index in [9.17, 15) is 0 Å². The minimum Gasteiger partial charge on any atom is -0.310 e. The summed E-state index contributed by atoms with van der Waals surface area (Å²) in [6, 6.07) is 6.56. The van der Waals surface area contributed by atoms with Gasteiger partial charge in [-0.3, -0.25) is 0 Å². The highest BCUT2D eigenvalue weighted by molar-refractivity contribution is 6.34. The summed E-state index contributed by atoms with van der Waals surface area (Å²) in [7, 11) is 0. The molecule has 3 rings (SSSR count). The van der Waals surface area contributed by atoms with Crippen LogP contribution in [0.2, 0.25) is 10.0 Å². The molecule has 0 heterocycles. The highest BCUT2D eigenvalue weighted by Crippen LogP contribution is 2.32. The first kappa shape index (κ1) is 15.4. The van der Waals surface area contributed by atoms with Crippen LogP contribution in [0.5, 0.6) is 0 Å². The standard InChI is InChI=1S/C18H23Cl2N/c19-16-9-13(10-17(20)11-16)8-15(12-21-18-6-7-18)14-4-2-1-3-5-14/h8-11,14,18,21H,1-7,12H2/b15-8-. The van der Waals surface area contributed by atoms with E-state index in [2.05, 4.69) is 11.4 Å². The third-order valence-corrected chi connectivity index (χ3v) is 4.98. The lowest BCUT2D eigenvalue weighted by atomic mass is 9.83. The Hall–Kier alpha value is -0.500. The van der Waals surface area contributed by atoms with E-state index in [1.165, 1.54) is 50.5 Å². The lowest BCUT2D eigenvalue weighted by Crippen LogP contribution is -2.24. The summed E-state index contributed by atoms with van der Waals surface area (Å²) in [5.41, 5.74) is 2.66. The molecule has 1 nitrogen and oxygen atoms in total. The van der Waals surface area contributed by atoms with Crippen molar-refractivity contribution in [3.63, 3.8) is 0 Å². The van der Waals surface area contributed by atoms with Crippen LogP contribution >= 0.6 is 23.2 Å². The highest BCUT2D eigenvalue weighted by atomic mass is 35.5. The van der Waals surface area contributed by atoms with Crippen LogP contribution in [0.3, 0.4) is 0 Å². The third kappa shape index (κ3) is 4.74. The second-order valence-corrected chi connectivity index (χ2v) is 7.29. The van der Waals surface area contributed by atoms with Crippen molar-refractivity contribution in [3.8, 4) is 0 Å². The van der Waals surface area contributed by atoms with E-state index in [-0.39, 0.29) is 0 Å². The fourth-order valence-corrected chi connectivity index (χ4v) is 3.75. The monoisotopic (exact) mass is 323 g/mol. The van der Waals surface area contributed by atoms with Gasteiger partial charge in [0, 0.05) is 22.6 Å². The molecular weight excluding hydrogens is 301 g/mol. The predicted octanol–water partition coefficient (Wildman–Crippen LogP) is 5.71. The maximum atomic E-state index is 6.13. The van der Waals surface area contributed by atoms with Crippen molar-refractivity contribution in [1.82, 2.24) is 5.32 Å². The summed E-state index contributed by atoms with van der Waals surface area (Å²) in [5.74, 6) is 0.725. The van der Waals surface area contributed by atoms with Crippen LogP contribution in [0.15, 0.2) is 23.8 Å². The Balaban J connectivity index is 1.78. The number of hydrogen-bond donors (Lipinski definition) is 1. The van der Waals surface area contributed by atoms with Gasteiger partial charge in [0.1, 0.15) is 0 Å². The molecule has 2 aliphatic rings. The summed E-state index contributed by atoms with van der Waals surface area (Å²) in [5, 5.41) is 5.10. The SMILES string of the molecule is Clc1cc(Cl)cc(/C=C(/CNC2CC2)C2CCCCC2)c1. The van der Waals surface area contributed by atoms with Crippen molar-refractivity contribution < 1.29 is 0 Å². The van der Waals surface area contributed by atoms with Crippen molar-refractivity contribution in [2.45, 2.75) is 51.0 Å². The minimum atomic E-state index is 0.715. The Kier molecular flexibility index (Phi) is 5.26. The Labute approximate surface area is 137 Å². The molecule has 0 atom stereocenters. The average Bonchev–Trinajstić information content (AvgIpc) is 3.27. The van der Waals surface area contributed by atoms with E-state index >= 15 is 0 Å². The van der Waals surface area contributed by atoms with Gasteiger partial charge in [0.05, 0.1) is 0 Å². The first-order valence-corrected chi connectivity index (χ1v) is 8.86. The van der Waals surface area contributed by atoms with Crippen LogP contribution in [0, 0.1) is 5.92 Å². The first-order valence-electron chi connectivity index (χ1n) is 8.10. The van der Waals surface area contributed by atoms with Gasteiger partial charge in [0.15, 0.2) is 0 Å². The van der Waals surface area contributed by atoms with E-state index in [1.54, 1.807) is 6.07 Å². The van der Waals surface area contributed by atoms with Gasteiger partial charge in [-0.25, -0.2) is 0 Å². The predicted molar refractivity (Wildman–Crippen MR) is 92.0 cm³/mol. The zero-order valence-electron chi connectivity index (χ0n) is 12.4. The van der Waals surface area contributed by atoms with Crippen LogP contribution < -0.4 is 5.32 Å². The van der Waals surface area contributed by atoms with Crippen molar-refractivity contribution in [3.05, 3.63) is 39.4 Å². The normalized spacial score (nSPS) is 20.8. The Morgan fingerprint density at radius 3 is 2.29 bits per heavy atom. The van der Waals surface area contributed by atoms with Crippen LogP contribution in [0.1, 0.15) is 50.5 Å². The fourth-order valence-electron chi connectivity index (χ4n) is 3.21. The van der Waals surface area contributed by atoms with Gasteiger partial charge in [-0.05, 0) is 55.4 Å². The maximum Gasteiger partial charge on any atom is 0.0426 e. The van der Waals surface area contributed by atoms with Crippen molar-refractivity contribution in [2.24, 2.45) is 5.92 Å². The molecule has 0 aromatic heterocycles. The van der Waals surface area contributed by atoms with Gasteiger partial charge in [-0.2, -0.15) is 0 Å². The number of benzene rings is 1. The zero-order chi connectivity index (χ0) is 14.7. The molecule has 2 saturated carbocycles. The minimum absolute atomic E-state index is 0.715. The van der Waals surface area contributed by atoms with Gasteiger partial charge in [-0.15, -0.1) is 0 Å². The van der Waals surface area contributed by atoms with Crippen molar-refractivity contribution >= 4 is 29.3 Å². The lowest BCUT2D eigenvalue weighted by Gasteiger charge is -2.25. The summed E-state index contributed by atoms with van der Waals surface area (Å²) >= 11 is 12.3. The van der Waals surface area contributed by atoms with Crippen molar-refractivity contribution in [1.29, 1.82) is 0 Å². The van der Waals surface area contributed by atoms with Gasteiger partial charge < -0.3 is 5.32 Å². The van der Waals surface area contributed by atoms with Gasteiger partial charge in [0.2, 0.25) is 0 Å². The Morgan fingerprint density at radius 1 is 1.00 bits per heavy atom. The first-order chi connectivity index (χ1) is 10.2. The molecule has 1 N–H and O–H groups in total. The van der Waals surface area contributed by atoms with Gasteiger partial charge in [-0.1, -0.05) is 54.1 Å². The summed E-state index contributed by atoms with van der Waals surface area (Å²) < 4.78 is 0. The summed E-state index contributed by atoms with van der Waals surface area (Å²) in [4.78, 5) is 0. The molecule has 0 amide bonds. The molecule has 0 saturated heterocycles. The Bertz CT molecular complexity index is 494. The van der Waals surface area contributed by atoms with Crippen LogP contribution in [-0.4, -0.2) is 12.6 Å².